The van der Waals surface area contributed by atoms with Gasteiger partial charge in [-0.2, -0.15) is 0 Å². The molecule has 0 atom stereocenters. The van der Waals surface area contributed by atoms with Crippen LogP contribution >= 0.6 is 22.9 Å². The molecule has 1 aromatic carbocycles. The zero-order valence-electron chi connectivity index (χ0n) is 8.11. The van der Waals surface area contributed by atoms with Crippen LogP contribution in [0, 0.1) is 0 Å². The molecule has 1 heterocycles. The largest absolute Gasteiger partial charge is 0.326 e. The van der Waals surface area contributed by atoms with Gasteiger partial charge in [-0.1, -0.05) is 18.2 Å². The molecule has 2 rings (SSSR count). The lowest BCUT2D eigenvalue weighted by Crippen LogP contribution is -1.95. The number of alkyl halides is 1. The van der Waals surface area contributed by atoms with Crippen molar-refractivity contribution in [2.24, 2.45) is 5.73 Å². The molecule has 78 valence electrons. The highest BCUT2D eigenvalue weighted by molar-refractivity contribution is 7.13. The first-order chi connectivity index (χ1) is 7.33. The number of nitrogens with two attached hydrogens (primary N) is 1. The van der Waals surface area contributed by atoms with E-state index in [4.69, 9.17) is 17.3 Å². The summed E-state index contributed by atoms with van der Waals surface area (Å²) >= 11 is 7.32. The van der Waals surface area contributed by atoms with Gasteiger partial charge in [0.15, 0.2) is 0 Å². The van der Waals surface area contributed by atoms with Crippen LogP contribution in [0.25, 0.3) is 10.6 Å². The molecule has 4 heteroatoms. The molecule has 0 amide bonds. The van der Waals surface area contributed by atoms with Gasteiger partial charge in [0.1, 0.15) is 5.01 Å². The van der Waals surface area contributed by atoms with Gasteiger partial charge in [-0.15, -0.1) is 22.9 Å². The van der Waals surface area contributed by atoms with E-state index < -0.39 is 0 Å². The molecule has 0 saturated carbocycles. The first kappa shape index (κ1) is 10.6. The van der Waals surface area contributed by atoms with Crippen LogP contribution < -0.4 is 5.73 Å². The molecule has 0 unspecified atom stereocenters. The lowest BCUT2D eigenvalue weighted by molar-refractivity contribution is 1.07. The van der Waals surface area contributed by atoms with Gasteiger partial charge in [0.25, 0.3) is 0 Å². The fourth-order valence-corrected chi connectivity index (χ4v) is 2.38. The first-order valence-electron chi connectivity index (χ1n) is 4.63. The minimum atomic E-state index is 0.465. The van der Waals surface area contributed by atoms with Crippen LogP contribution in [0.1, 0.15) is 11.3 Å². The number of halogens is 1. The quantitative estimate of drug-likeness (QED) is 0.835. The predicted molar refractivity (Wildman–Crippen MR) is 65.0 cm³/mol. The molecule has 2 nitrogen and oxygen atoms in total. The maximum absolute atomic E-state index is 5.71. The number of hydrogen-bond donors (Lipinski definition) is 1. The van der Waals surface area contributed by atoms with E-state index in [2.05, 4.69) is 11.1 Å². The van der Waals surface area contributed by atoms with Gasteiger partial charge in [0, 0.05) is 17.5 Å². The van der Waals surface area contributed by atoms with Gasteiger partial charge in [-0.25, -0.2) is 4.98 Å². The van der Waals surface area contributed by atoms with E-state index in [0.717, 1.165) is 21.8 Å². The van der Waals surface area contributed by atoms with Crippen molar-refractivity contribution in [1.82, 2.24) is 4.98 Å². The molecule has 0 saturated heterocycles. The number of nitrogens with zero attached hydrogens (tertiary/aromatic N) is 1. The van der Waals surface area contributed by atoms with Crippen LogP contribution in [0.15, 0.2) is 29.6 Å². The van der Waals surface area contributed by atoms with Gasteiger partial charge in [0.2, 0.25) is 0 Å². The smallest absolute Gasteiger partial charge is 0.123 e. The third-order valence-electron chi connectivity index (χ3n) is 2.10. The number of hydrogen-bond acceptors (Lipinski definition) is 3. The highest BCUT2D eigenvalue weighted by Crippen LogP contribution is 2.24. The summed E-state index contributed by atoms with van der Waals surface area (Å²) in [6, 6.07) is 8.12. The summed E-state index contributed by atoms with van der Waals surface area (Å²) in [6.45, 7) is 0.557. The van der Waals surface area contributed by atoms with Crippen molar-refractivity contribution < 1.29 is 0 Å². The molecule has 0 spiro atoms. The molecule has 0 fully saturated rings. The minimum absolute atomic E-state index is 0.465. The monoisotopic (exact) mass is 238 g/mol. The summed E-state index contributed by atoms with van der Waals surface area (Å²) in [7, 11) is 0. The van der Waals surface area contributed by atoms with Crippen LogP contribution in [0.2, 0.25) is 0 Å². The van der Waals surface area contributed by atoms with Crippen molar-refractivity contribution >= 4 is 22.9 Å². The molecule has 0 bridgehead atoms. The van der Waals surface area contributed by atoms with Gasteiger partial charge < -0.3 is 5.73 Å². The molecule has 0 aliphatic carbocycles. The molecule has 2 N–H and O–H groups in total. The van der Waals surface area contributed by atoms with E-state index in [9.17, 15) is 0 Å². The molecule has 0 aliphatic heterocycles. The summed E-state index contributed by atoms with van der Waals surface area (Å²) in [6.07, 6.45) is 0. The number of thiazole rings is 1. The lowest BCUT2D eigenvalue weighted by atomic mass is 10.1. The number of benzene rings is 1. The van der Waals surface area contributed by atoms with Gasteiger partial charge >= 0.3 is 0 Å². The van der Waals surface area contributed by atoms with Crippen molar-refractivity contribution in [3.63, 3.8) is 0 Å². The zero-order chi connectivity index (χ0) is 10.7. The van der Waals surface area contributed by atoms with E-state index in [1.165, 1.54) is 0 Å². The van der Waals surface area contributed by atoms with Crippen molar-refractivity contribution in [3.05, 3.63) is 40.9 Å². The Morgan fingerprint density at radius 1 is 1.40 bits per heavy atom. The van der Waals surface area contributed by atoms with Crippen LogP contribution in [0.3, 0.4) is 0 Å². The summed E-state index contributed by atoms with van der Waals surface area (Å²) < 4.78 is 0. The topological polar surface area (TPSA) is 38.9 Å². The SMILES string of the molecule is NCc1cccc(-c2nc(CCl)cs2)c1. The third-order valence-corrected chi connectivity index (χ3v) is 3.31. The summed E-state index contributed by atoms with van der Waals surface area (Å²) in [5.74, 6) is 0.465. The molecule has 15 heavy (non-hydrogen) atoms. The molecule has 2 aromatic rings. The van der Waals surface area contributed by atoms with E-state index in [1.54, 1.807) is 11.3 Å². The van der Waals surface area contributed by atoms with Gasteiger partial charge in [-0.3, -0.25) is 0 Å². The zero-order valence-corrected chi connectivity index (χ0v) is 9.68. The first-order valence-corrected chi connectivity index (χ1v) is 6.04. The molecule has 1 aromatic heterocycles. The predicted octanol–water partition coefficient (Wildman–Crippen LogP) is 3.01. The fraction of sp³-hybridized carbons (Fsp3) is 0.182. The third kappa shape index (κ3) is 2.37. The summed E-state index contributed by atoms with van der Waals surface area (Å²) in [5.41, 5.74) is 8.75. The maximum Gasteiger partial charge on any atom is 0.123 e. The van der Waals surface area contributed by atoms with Crippen LogP contribution in [0.5, 0.6) is 0 Å². The minimum Gasteiger partial charge on any atom is -0.326 e. The van der Waals surface area contributed by atoms with E-state index >= 15 is 0 Å². The lowest BCUT2D eigenvalue weighted by Gasteiger charge is -1.99. The molecular formula is C11H11ClN2S. The maximum atomic E-state index is 5.71. The van der Waals surface area contributed by atoms with Crippen molar-refractivity contribution in [1.29, 1.82) is 0 Å². The Hall–Kier alpha value is -0.900. The van der Waals surface area contributed by atoms with Crippen molar-refractivity contribution in [2.75, 3.05) is 0 Å². The Morgan fingerprint density at radius 3 is 2.93 bits per heavy atom. The number of rotatable bonds is 3. The molecule has 0 aliphatic rings. The Kier molecular flexibility index (Phi) is 3.36. The Balaban J connectivity index is 2.35. The van der Waals surface area contributed by atoms with Crippen LogP contribution in [-0.2, 0) is 12.4 Å². The average Bonchev–Trinajstić information content (AvgIpc) is 2.78. The van der Waals surface area contributed by atoms with E-state index in [1.807, 2.05) is 23.6 Å². The summed E-state index contributed by atoms with van der Waals surface area (Å²) in [5, 5.41) is 2.98. The second-order valence-electron chi connectivity index (χ2n) is 3.18. The molecular weight excluding hydrogens is 228 g/mol. The van der Waals surface area contributed by atoms with Crippen molar-refractivity contribution in [2.45, 2.75) is 12.4 Å². The van der Waals surface area contributed by atoms with Crippen molar-refractivity contribution in [3.8, 4) is 10.6 Å². The highest BCUT2D eigenvalue weighted by Gasteiger charge is 2.04. The second-order valence-corrected chi connectivity index (χ2v) is 4.31. The molecule has 0 radical (unpaired) electrons. The van der Waals surface area contributed by atoms with Crippen LogP contribution in [-0.4, -0.2) is 4.98 Å². The Labute approximate surface area is 97.7 Å². The Morgan fingerprint density at radius 2 is 2.27 bits per heavy atom. The van der Waals surface area contributed by atoms with Gasteiger partial charge in [-0.05, 0) is 11.6 Å². The van der Waals surface area contributed by atoms with Gasteiger partial charge in [0.05, 0.1) is 11.6 Å². The Bertz CT molecular complexity index is 453. The van der Waals surface area contributed by atoms with Crippen LogP contribution in [0.4, 0.5) is 0 Å². The normalized spacial score (nSPS) is 10.5. The van der Waals surface area contributed by atoms with E-state index in [-0.39, 0.29) is 0 Å². The second kappa shape index (κ2) is 4.75. The average molecular weight is 239 g/mol. The number of aromatic nitrogens is 1. The van der Waals surface area contributed by atoms with E-state index in [0.29, 0.717) is 12.4 Å². The highest BCUT2D eigenvalue weighted by atomic mass is 35.5. The summed E-state index contributed by atoms with van der Waals surface area (Å²) in [4.78, 5) is 4.42. The fourth-order valence-electron chi connectivity index (χ4n) is 1.33. The standard InChI is InChI=1S/C11H11ClN2S/c12-5-10-7-15-11(14-10)9-3-1-2-8(4-9)6-13/h1-4,7H,5-6,13H2.